The maximum absolute atomic E-state index is 9.91. The predicted molar refractivity (Wildman–Crippen MR) is 48.9 cm³/mol. The van der Waals surface area contributed by atoms with Crippen LogP contribution in [0.2, 0.25) is 0 Å². The molecular formula is C10H18O4Zr+2. The van der Waals surface area contributed by atoms with Crippen LogP contribution in [-0.4, -0.2) is 11.9 Å². The summed E-state index contributed by atoms with van der Waals surface area (Å²) in [5.74, 6) is -2.01. The fraction of sp³-hybridized carbons (Fsp3) is 0.800. The van der Waals surface area contributed by atoms with Gasteiger partial charge < -0.3 is 19.8 Å². The number of hydrogen-bond acceptors (Lipinski definition) is 4. The van der Waals surface area contributed by atoms with E-state index in [1.165, 1.54) is 0 Å². The Hall–Kier alpha value is -0.177. The van der Waals surface area contributed by atoms with Crippen LogP contribution in [0.1, 0.15) is 41.5 Å². The average molecular weight is 293 g/mol. The van der Waals surface area contributed by atoms with Gasteiger partial charge in [-0.05, 0) is 0 Å². The van der Waals surface area contributed by atoms with Gasteiger partial charge in [0.25, 0.3) is 0 Å². The van der Waals surface area contributed by atoms with Gasteiger partial charge in [0.1, 0.15) is 0 Å². The first-order valence-corrected chi connectivity index (χ1v) is 4.32. The first-order valence-electron chi connectivity index (χ1n) is 4.32. The summed E-state index contributed by atoms with van der Waals surface area (Å²) in [5.41, 5.74) is -1.39. The Bertz CT molecular complexity index is 186. The van der Waals surface area contributed by atoms with Crippen molar-refractivity contribution < 1.29 is 46.0 Å². The molecule has 0 bridgehead atoms. The summed E-state index contributed by atoms with van der Waals surface area (Å²) >= 11 is 0. The number of carboxylic acids is 2. The van der Waals surface area contributed by atoms with E-state index in [0.29, 0.717) is 0 Å². The first-order chi connectivity index (χ1) is 5.89. The van der Waals surface area contributed by atoms with Crippen LogP contribution >= 0.6 is 0 Å². The SMILES string of the molecule is CC(C)(C)C(=O)[O-].CC(C)(C)C(=O)[O-].[Zr+4]. The van der Waals surface area contributed by atoms with Crippen molar-refractivity contribution in [2.24, 2.45) is 10.8 Å². The van der Waals surface area contributed by atoms with Gasteiger partial charge in [0.2, 0.25) is 0 Å². The number of carbonyl (C=O) groups excluding carboxylic acids is 2. The van der Waals surface area contributed by atoms with Gasteiger partial charge in [-0.3, -0.25) is 0 Å². The molecule has 0 rings (SSSR count). The Balaban J connectivity index is -0.000000180. The summed E-state index contributed by atoms with van der Waals surface area (Å²) in [5, 5.41) is 19.8. The zero-order valence-corrected chi connectivity index (χ0v) is 12.6. The Morgan fingerprint density at radius 3 is 0.800 bits per heavy atom. The van der Waals surface area contributed by atoms with E-state index in [0.717, 1.165) is 0 Å². The van der Waals surface area contributed by atoms with E-state index in [4.69, 9.17) is 0 Å². The molecule has 0 aromatic carbocycles. The maximum Gasteiger partial charge on any atom is 4.00 e. The number of rotatable bonds is 0. The average Bonchev–Trinajstić information content (AvgIpc) is 1.83. The van der Waals surface area contributed by atoms with Crippen molar-refractivity contribution in [3.63, 3.8) is 0 Å². The van der Waals surface area contributed by atoms with Crippen LogP contribution in [0.15, 0.2) is 0 Å². The molecule has 0 aromatic rings. The zero-order chi connectivity index (χ0) is 12.2. The molecule has 15 heavy (non-hydrogen) atoms. The topological polar surface area (TPSA) is 80.3 Å². The number of carbonyl (C=O) groups is 2. The fourth-order valence-corrected chi connectivity index (χ4v) is 0. The van der Waals surface area contributed by atoms with Gasteiger partial charge in [0, 0.05) is 22.8 Å². The van der Waals surface area contributed by atoms with Crippen LogP contribution < -0.4 is 10.2 Å². The monoisotopic (exact) mass is 292 g/mol. The molecule has 0 amide bonds. The van der Waals surface area contributed by atoms with Crippen molar-refractivity contribution >= 4 is 11.9 Å². The van der Waals surface area contributed by atoms with E-state index in [-0.39, 0.29) is 26.2 Å². The van der Waals surface area contributed by atoms with Crippen molar-refractivity contribution in [2.75, 3.05) is 0 Å². The summed E-state index contributed by atoms with van der Waals surface area (Å²) in [6.07, 6.45) is 0. The molecule has 0 aromatic heterocycles. The fourth-order valence-electron chi connectivity index (χ4n) is 0. The van der Waals surface area contributed by atoms with Gasteiger partial charge in [0.15, 0.2) is 0 Å². The smallest absolute Gasteiger partial charge is 0.550 e. The Morgan fingerprint density at radius 1 is 0.733 bits per heavy atom. The molecule has 0 radical (unpaired) electrons. The molecule has 0 heterocycles. The largest absolute Gasteiger partial charge is 4.00 e. The van der Waals surface area contributed by atoms with Crippen LogP contribution in [-0.2, 0) is 35.8 Å². The van der Waals surface area contributed by atoms with Crippen LogP contribution in [0.5, 0.6) is 0 Å². The van der Waals surface area contributed by atoms with E-state index >= 15 is 0 Å². The number of hydrogen-bond donors (Lipinski definition) is 0. The predicted octanol–water partition coefficient (Wildman–Crippen LogP) is -0.438. The van der Waals surface area contributed by atoms with E-state index < -0.39 is 22.8 Å². The number of carboxylic acid groups (broad SMARTS) is 2. The van der Waals surface area contributed by atoms with E-state index in [2.05, 4.69) is 0 Å². The van der Waals surface area contributed by atoms with Gasteiger partial charge in [-0.25, -0.2) is 0 Å². The molecule has 0 atom stereocenters. The molecule has 0 saturated heterocycles. The Kier molecular flexibility index (Phi) is 9.67. The quantitative estimate of drug-likeness (QED) is 0.606. The van der Waals surface area contributed by atoms with E-state index in [1.54, 1.807) is 41.5 Å². The summed E-state index contributed by atoms with van der Waals surface area (Å²) in [6, 6.07) is 0. The summed E-state index contributed by atoms with van der Waals surface area (Å²) in [6.45, 7) is 9.60. The third-order valence-corrected chi connectivity index (χ3v) is 1.22. The molecule has 0 fully saturated rings. The second-order valence-electron chi connectivity index (χ2n) is 5.07. The van der Waals surface area contributed by atoms with Crippen LogP contribution in [0.3, 0.4) is 0 Å². The minimum absolute atomic E-state index is 0. The molecule has 0 aliphatic rings. The van der Waals surface area contributed by atoms with Gasteiger partial charge in [-0.1, -0.05) is 41.5 Å². The second kappa shape index (κ2) is 7.16. The minimum Gasteiger partial charge on any atom is -0.550 e. The van der Waals surface area contributed by atoms with Gasteiger partial charge in [-0.2, -0.15) is 0 Å². The van der Waals surface area contributed by atoms with Crippen molar-refractivity contribution in [3.05, 3.63) is 0 Å². The van der Waals surface area contributed by atoms with Crippen LogP contribution in [0.4, 0.5) is 0 Å². The van der Waals surface area contributed by atoms with Gasteiger partial charge in [0.05, 0.1) is 0 Å². The van der Waals surface area contributed by atoms with Gasteiger partial charge >= 0.3 is 26.2 Å². The molecule has 0 N–H and O–H groups in total. The molecule has 0 aliphatic carbocycles. The van der Waals surface area contributed by atoms with Gasteiger partial charge in [-0.15, -0.1) is 0 Å². The molecule has 0 spiro atoms. The van der Waals surface area contributed by atoms with Crippen molar-refractivity contribution in [1.29, 1.82) is 0 Å². The summed E-state index contributed by atoms with van der Waals surface area (Å²) in [7, 11) is 0. The Morgan fingerprint density at radius 2 is 0.800 bits per heavy atom. The molecule has 0 saturated carbocycles. The molecule has 0 aliphatic heterocycles. The molecule has 0 unspecified atom stereocenters. The van der Waals surface area contributed by atoms with E-state index in [9.17, 15) is 19.8 Å². The standard InChI is InChI=1S/2C5H10O2.Zr/c2*1-5(2,3)4(6)7;/h2*1-3H3,(H,6,7);/q;;+4/p-2. The maximum atomic E-state index is 9.91. The van der Waals surface area contributed by atoms with Crippen molar-refractivity contribution in [3.8, 4) is 0 Å². The number of aliphatic carboxylic acids is 2. The molecule has 4 nitrogen and oxygen atoms in total. The van der Waals surface area contributed by atoms with Crippen LogP contribution in [0, 0.1) is 10.8 Å². The Labute approximate surface area is 110 Å². The molecular weight excluding hydrogens is 275 g/mol. The van der Waals surface area contributed by atoms with Crippen molar-refractivity contribution in [2.45, 2.75) is 41.5 Å². The van der Waals surface area contributed by atoms with E-state index in [1.807, 2.05) is 0 Å². The third kappa shape index (κ3) is 13.8. The van der Waals surface area contributed by atoms with Crippen LogP contribution in [0.25, 0.3) is 0 Å². The summed E-state index contributed by atoms with van der Waals surface area (Å²) < 4.78 is 0. The summed E-state index contributed by atoms with van der Waals surface area (Å²) in [4.78, 5) is 19.8. The third-order valence-electron chi connectivity index (χ3n) is 1.22. The minimum atomic E-state index is -1.01. The normalized spacial score (nSPS) is 10.5. The molecule has 84 valence electrons. The second-order valence-corrected chi connectivity index (χ2v) is 5.07. The first kappa shape index (κ1) is 20.3. The zero-order valence-electron chi connectivity index (χ0n) is 10.1. The molecule has 5 heteroatoms. The van der Waals surface area contributed by atoms with Crippen molar-refractivity contribution in [1.82, 2.24) is 0 Å².